The Labute approximate surface area is 178 Å². The smallest absolute Gasteiger partial charge is 0.347 e. The van der Waals surface area contributed by atoms with E-state index in [9.17, 15) is 9.59 Å². The molecule has 0 unspecified atom stereocenters. The number of carboxylic acids is 1. The predicted molar refractivity (Wildman–Crippen MR) is 117 cm³/mol. The number of rotatable bonds is 8. The summed E-state index contributed by atoms with van der Waals surface area (Å²) in [6, 6.07) is 12.9. The van der Waals surface area contributed by atoms with Crippen LogP contribution in [0.1, 0.15) is 56.1 Å². The van der Waals surface area contributed by atoms with E-state index in [1.807, 2.05) is 30.3 Å². The molecule has 0 heterocycles. The summed E-state index contributed by atoms with van der Waals surface area (Å²) in [7, 11) is 1.55. The maximum Gasteiger partial charge on any atom is 0.347 e. The SMILES string of the molecule is COc1ccc(C(C)(C)C)cc1C(=O)NCCc1ccc(OC(C)(C)C(=O)O)cc1. The molecule has 2 aromatic rings. The Morgan fingerprint density at radius 1 is 1.00 bits per heavy atom. The number of amides is 1. The summed E-state index contributed by atoms with van der Waals surface area (Å²) < 4.78 is 10.9. The lowest BCUT2D eigenvalue weighted by Crippen LogP contribution is -2.37. The van der Waals surface area contributed by atoms with Crippen LogP contribution in [0.4, 0.5) is 0 Å². The Hall–Kier alpha value is -3.02. The second-order valence-electron chi connectivity index (χ2n) is 8.73. The highest BCUT2D eigenvalue weighted by Gasteiger charge is 2.29. The Kier molecular flexibility index (Phi) is 7.13. The van der Waals surface area contributed by atoms with Crippen molar-refractivity contribution in [1.29, 1.82) is 0 Å². The Morgan fingerprint density at radius 2 is 1.63 bits per heavy atom. The van der Waals surface area contributed by atoms with E-state index >= 15 is 0 Å². The number of carbonyl (C=O) groups is 2. The maximum absolute atomic E-state index is 12.7. The summed E-state index contributed by atoms with van der Waals surface area (Å²) in [6.45, 7) is 9.76. The van der Waals surface area contributed by atoms with Gasteiger partial charge < -0.3 is 19.9 Å². The van der Waals surface area contributed by atoms with Crippen LogP contribution in [0, 0.1) is 0 Å². The van der Waals surface area contributed by atoms with Crippen LogP contribution in [0.2, 0.25) is 0 Å². The molecule has 0 saturated carbocycles. The van der Waals surface area contributed by atoms with E-state index < -0.39 is 11.6 Å². The first kappa shape index (κ1) is 23.3. The molecule has 0 aliphatic carbocycles. The van der Waals surface area contributed by atoms with Gasteiger partial charge in [-0.15, -0.1) is 0 Å². The van der Waals surface area contributed by atoms with Crippen molar-refractivity contribution in [3.05, 3.63) is 59.2 Å². The summed E-state index contributed by atoms with van der Waals surface area (Å²) in [5, 5.41) is 12.1. The standard InChI is InChI=1S/C24H31NO5/c1-23(2,3)17-9-12-20(29-6)19(15-17)21(26)25-14-13-16-7-10-18(11-8-16)30-24(4,5)22(27)28/h7-12,15H,13-14H2,1-6H3,(H,25,26)(H,27,28). The monoisotopic (exact) mass is 413 g/mol. The average molecular weight is 414 g/mol. The topological polar surface area (TPSA) is 84.9 Å². The van der Waals surface area contributed by atoms with Gasteiger partial charge in [-0.1, -0.05) is 39.0 Å². The molecule has 2 N–H and O–H groups in total. The first-order valence-electron chi connectivity index (χ1n) is 9.92. The molecule has 0 bridgehead atoms. The molecular weight excluding hydrogens is 382 g/mol. The van der Waals surface area contributed by atoms with Crippen LogP contribution >= 0.6 is 0 Å². The number of methoxy groups -OCH3 is 1. The van der Waals surface area contributed by atoms with Crippen LogP contribution in [0.25, 0.3) is 0 Å². The highest BCUT2D eigenvalue weighted by molar-refractivity contribution is 5.97. The quantitative estimate of drug-likeness (QED) is 0.677. The van der Waals surface area contributed by atoms with Crippen LogP contribution in [0.3, 0.4) is 0 Å². The molecule has 0 atom stereocenters. The van der Waals surface area contributed by atoms with Gasteiger partial charge in [-0.2, -0.15) is 0 Å². The number of carboxylic acid groups (broad SMARTS) is 1. The minimum atomic E-state index is -1.30. The molecule has 1 amide bonds. The van der Waals surface area contributed by atoms with Crippen molar-refractivity contribution in [3.63, 3.8) is 0 Å². The highest BCUT2D eigenvalue weighted by atomic mass is 16.5. The molecule has 6 heteroatoms. The van der Waals surface area contributed by atoms with Gasteiger partial charge in [0.15, 0.2) is 5.60 Å². The number of hydrogen-bond donors (Lipinski definition) is 2. The van der Waals surface area contributed by atoms with Crippen LogP contribution < -0.4 is 14.8 Å². The van der Waals surface area contributed by atoms with Gasteiger partial charge in [0.25, 0.3) is 5.91 Å². The summed E-state index contributed by atoms with van der Waals surface area (Å²) in [6.07, 6.45) is 0.635. The number of nitrogens with one attached hydrogen (secondary N) is 1. The van der Waals surface area contributed by atoms with Gasteiger partial charge in [-0.25, -0.2) is 4.79 Å². The lowest BCUT2D eigenvalue weighted by atomic mass is 9.86. The van der Waals surface area contributed by atoms with E-state index in [2.05, 4.69) is 26.1 Å². The minimum Gasteiger partial charge on any atom is -0.496 e. The van der Waals surface area contributed by atoms with Gasteiger partial charge >= 0.3 is 5.97 Å². The molecule has 0 aromatic heterocycles. The fraction of sp³-hybridized carbons (Fsp3) is 0.417. The molecule has 0 fully saturated rings. The second kappa shape index (κ2) is 9.20. The van der Waals surface area contributed by atoms with E-state index in [1.165, 1.54) is 13.8 Å². The minimum absolute atomic E-state index is 0.0691. The molecule has 0 radical (unpaired) electrons. The zero-order valence-corrected chi connectivity index (χ0v) is 18.5. The zero-order chi connectivity index (χ0) is 22.5. The normalized spacial score (nSPS) is 11.7. The lowest BCUT2D eigenvalue weighted by Gasteiger charge is -2.21. The molecular formula is C24H31NO5. The molecule has 0 aliphatic rings. The van der Waals surface area contributed by atoms with Crippen molar-refractivity contribution >= 4 is 11.9 Å². The highest BCUT2D eigenvalue weighted by Crippen LogP contribution is 2.28. The third kappa shape index (κ3) is 5.99. The number of hydrogen-bond acceptors (Lipinski definition) is 4. The van der Waals surface area contributed by atoms with Crippen LogP contribution in [0.5, 0.6) is 11.5 Å². The van der Waals surface area contributed by atoms with Gasteiger partial charge in [-0.05, 0) is 61.1 Å². The van der Waals surface area contributed by atoms with Crippen LogP contribution in [-0.4, -0.2) is 36.2 Å². The largest absolute Gasteiger partial charge is 0.496 e. The first-order chi connectivity index (χ1) is 13.9. The van der Waals surface area contributed by atoms with Gasteiger partial charge in [-0.3, -0.25) is 4.79 Å². The van der Waals surface area contributed by atoms with E-state index in [0.717, 1.165) is 11.1 Å². The van der Waals surface area contributed by atoms with Gasteiger partial charge in [0.1, 0.15) is 11.5 Å². The van der Waals surface area contributed by atoms with Crippen LogP contribution in [-0.2, 0) is 16.6 Å². The van der Waals surface area contributed by atoms with Crippen molar-refractivity contribution < 1.29 is 24.2 Å². The third-order valence-corrected chi connectivity index (χ3v) is 4.82. The maximum atomic E-state index is 12.7. The van der Waals surface area contributed by atoms with Crippen molar-refractivity contribution in [2.24, 2.45) is 0 Å². The lowest BCUT2D eigenvalue weighted by molar-refractivity contribution is -0.152. The molecule has 30 heavy (non-hydrogen) atoms. The first-order valence-corrected chi connectivity index (χ1v) is 9.92. The van der Waals surface area contributed by atoms with E-state index in [0.29, 0.717) is 30.0 Å². The Morgan fingerprint density at radius 3 is 2.17 bits per heavy atom. The fourth-order valence-corrected chi connectivity index (χ4v) is 2.83. The average Bonchev–Trinajstić information content (AvgIpc) is 2.67. The molecule has 2 aromatic carbocycles. The number of benzene rings is 2. The van der Waals surface area contributed by atoms with Gasteiger partial charge in [0.2, 0.25) is 0 Å². The predicted octanol–water partition coefficient (Wildman–Crippen LogP) is 4.21. The number of ether oxygens (including phenoxy) is 2. The zero-order valence-electron chi connectivity index (χ0n) is 18.5. The Bertz CT molecular complexity index is 895. The summed E-state index contributed by atoms with van der Waals surface area (Å²) >= 11 is 0. The van der Waals surface area contributed by atoms with Crippen molar-refractivity contribution in [2.45, 2.75) is 52.1 Å². The molecule has 162 valence electrons. The summed E-state index contributed by atoms with van der Waals surface area (Å²) in [5.74, 6) is -0.177. The summed E-state index contributed by atoms with van der Waals surface area (Å²) in [4.78, 5) is 23.9. The third-order valence-electron chi connectivity index (χ3n) is 4.82. The van der Waals surface area contributed by atoms with Crippen molar-refractivity contribution in [1.82, 2.24) is 5.32 Å². The fourth-order valence-electron chi connectivity index (χ4n) is 2.83. The summed E-state index contributed by atoms with van der Waals surface area (Å²) in [5.41, 5.74) is 1.22. The number of carbonyl (C=O) groups excluding carboxylic acids is 1. The van der Waals surface area contributed by atoms with Crippen molar-refractivity contribution in [2.75, 3.05) is 13.7 Å². The van der Waals surface area contributed by atoms with E-state index in [-0.39, 0.29) is 11.3 Å². The Balaban J connectivity index is 1.99. The molecule has 6 nitrogen and oxygen atoms in total. The molecule has 0 aliphatic heterocycles. The van der Waals surface area contributed by atoms with Crippen LogP contribution in [0.15, 0.2) is 42.5 Å². The van der Waals surface area contributed by atoms with Gasteiger partial charge in [0, 0.05) is 6.54 Å². The molecule has 0 spiro atoms. The second-order valence-corrected chi connectivity index (χ2v) is 8.73. The van der Waals surface area contributed by atoms with Crippen molar-refractivity contribution in [3.8, 4) is 11.5 Å². The van der Waals surface area contributed by atoms with Gasteiger partial charge in [0.05, 0.1) is 12.7 Å². The van der Waals surface area contributed by atoms with E-state index in [1.54, 1.807) is 19.2 Å². The van der Waals surface area contributed by atoms with E-state index in [4.69, 9.17) is 14.6 Å². The molecule has 0 saturated heterocycles. The number of aliphatic carboxylic acids is 1. The molecule has 2 rings (SSSR count).